The molecule has 1 aromatic heterocycles. The summed E-state index contributed by atoms with van der Waals surface area (Å²) in [6, 6.07) is 0. The van der Waals surface area contributed by atoms with Gasteiger partial charge in [-0.15, -0.1) is 11.3 Å². The van der Waals surface area contributed by atoms with Crippen molar-refractivity contribution in [2.24, 2.45) is 5.41 Å². The average Bonchev–Trinajstić information content (AvgIpc) is 2.78. The Morgan fingerprint density at radius 3 is 3.14 bits per heavy atom. The minimum atomic E-state index is 0.107. The Morgan fingerprint density at radius 2 is 2.57 bits per heavy atom. The van der Waals surface area contributed by atoms with Gasteiger partial charge in [0.05, 0.1) is 11.2 Å². The summed E-state index contributed by atoms with van der Waals surface area (Å²) in [7, 11) is 0. The fourth-order valence-corrected chi connectivity index (χ4v) is 2.48. The molecule has 1 aliphatic rings. The standard InChI is InChI=1S/C10H16N2OS/c1-10(7-13)2-3-12(6-10)4-9-5-14-8-11-9/h5,8,13H,2-4,6-7H2,1H3. The number of thiazole rings is 1. The molecule has 0 aliphatic carbocycles. The number of rotatable bonds is 3. The van der Waals surface area contributed by atoms with E-state index in [-0.39, 0.29) is 5.41 Å². The van der Waals surface area contributed by atoms with Crippen molar-refractivity contribution < 1.29 is 5.11 Å². The van der Waals surface area contributed by atoms with Gasteiger partial charge in [-0.25, -0.2) is 4.98 Å². The highest BCUT2D eigenvalue weighted by Gasteiger charge is 2.32. The van der Waals surface area contributed by atoms with E-state index in [4.69, 9.17) is 0 Å². The second-order valence-corrected chi connectivity index (χ2v) is 5.13. The van der Waals surface area contributed by atoms with Gasteiger partial charge in [0.15, 0.2) is 0 Å². The van der Waals surface area contributed by atoms with Gasteiger partial charge in [-0.3, -0.25) is 4.90 Å². The molecule has 1 unspecified atom stereocenters. The number of aliphatic hydroxyl groups excluding tert-OH is 1. The Hall–Kier alpha value is -0.450. The van der Waals surface area contributed by atoms with Gasteiger partial charge in [0.2, 0.25) is 0 Å². The lowest BCUT2D eigenvalue weighted by Gasteiger charge is -2.21. The van der Waals surface area contributed by atoms with Gasteiger partial charge in [0.25, 0.3) is 0 Å². The average molecular weight is 212 g/mol. The topological polar surface area (TPSA) is 36.4 Å². The van der Waals surface area contributed by atoms with E-state index in [2.05, 4.69) is 22.2 Å². The van der Waals surface area contributed by atoms with Crippen molar-refractivity contribution in [3.63, 3.8) is 0 Å². The van der Waals surface area contributed by atoms with Crippen molar-refractivity contribution in [3.8, 4) is 0 Å². The highest BCUT2D eigenvalue weighted by molar-refractivity contribution is 7.07. The molecule has 2 heterocycles. The van der Waals surface area contributed by atoms with Crippen molar-refractivity contribution in [2.75, 3.05) is 19.7 Å². The molecule has 1 saturated heterocycles. The molecule has 0 bridgehead atoms. The summed E-state index contributed by atoms with van der Waals surface area (Å²) >= 11 is 1.64. The Balaban J connectivity index is 1.90. The zero-order chi connectivity index (χ0) is 10.0. The third-order valence-corrected chi connectivity index (χ3v) is 3.52. The van der Waals surface area contributed by atoms with Crippen molar-refractivity contribution in [1.82, 2.24) is 9.88 Å². The third-order valence-electron chi connectivity index (χ3n) is 2.89. The van der Waals surface area contributed by atoms with Crippen LogP contribution in [0.2, 0.25) is 0 Å². The van der Waals surface area contributed by atoms with Gasteiger partial charge < -0.3 is 5.11 Å². The maximum Gasteiger partial charge on any atom is 0.0795 e. The number of likely N-dealkylation sites (tertiary alicyclic amines) is 1. The van der Waals surface area contributed by atoms with Crippen LogP contribution in [-0.4, -0.2) is 34.7 Å². The van der Waals surface area contributed by atoms with E-state index in [0.717, 1.165) is 31.7 Å². The molecule has 2 rings (SSSR count). The fraction of sp³-hybridized carbons (Fsp3) is 0.700. The molecule has 1 atom stereocenters. The Labute approximate surface area is 88.4 Å². The predicted octanol–water partition coefficient (Wildman–Crippen LogP) is 1.35. The van der Waals surface area contributed by atoms with Crippen LogP contribution in [0.25, 0.3) is 0 Å². The molecular weight excluding hydrogens is 196 g/mol. The third kappa shape index (κ3) is 2.13. The molecule has 0 amide bonds. The lowest BCUT2D eigenvalue weighted by atomic mass is 9.91. The molecule has 1 aromatic rings. The van der Waals surface area contributed by atoms with Gasteiger partial charge >= 0.3 is 0 Å². The van der Waals surface area contributed by atoms with E-state index in [9.17, 15) is 5.11 Å². The number of nitrogens with zero attached hydrogens (tertiary/aromatic N) is 2. The second-order valence-electron chi connectivity index (χ2n) is 4.41. The Kier molecular flexibility index (Phi) is 2.85. The minimum Gasteiger partial charge on any atom is -0.396 e. The second kappa shape index (κ2) is 3.96. The molecule has 4 heteroatoms. The summed E-state index contributed by atoms with van der Waals surface area (Å²) in [4.78, 5) is 6.63. The minimum absolute atomic E-state index is 0.107. The molecule has 1 N–H and O–H groups in total. The van der Waals surface area contributed by atoms with Crippen molar-refractivity contribution >= 4 is 11.3 Å². The fourth-order valence-electron chi connectivity index (χ4n) is 1.93. The largest absolute Gasteiger partial charge is 0.396 e. The molecule has 0 radical (unpaired) electrons. The summed E-state index contributed by atoms with van der Waals surface area (Å²) in [5.74, 6) is 0. The monoisotopic (exact) mass is 212 g/mol. The van der Waals surface area contributed by atoms with E-state index in [1.807, 2.05) is 5.51 Å². The molecule has 3 nitrogen and oxygen atoms in total. The van der Waals surface area contributed by atoms with Crippen LogP contribution in [0.1, 0.15) is 19.0 Å². The SMILES string of the molecule is CC1(CO)CCN(Cc2cscn2)C1. The first-order valence-corrected chi connectivity index (χ1v) is 5.86. The summed E-state index contributed by atoms with van der Waals surface area (Å²) in [5.41, 5.74) is 3.13. The molecule has 1 fully saturated rings. The first-order valence-electron chi connectivity index (χ1n) is 4.92. The van der Waals surface area contributed by atoms with Crippen molar-refractivity contribution in [2.45, 2.75) is 19.9 Å². The quantitative estimate of drug-likeness (QED) is 0.821. The molecule has 1 aliphatic heterocycles. The number of hydrogen-bond acceptors (Lipinski definition) is 4. The van der Waals surface area contributed by atoms with Gasteiger partial charge in [0, 0.05) is 30.5 Å². The summed E-state index contributed by atoms with van der Waals surface area (Å²) in [6.45, 7) is 5.43. The van der Waals surface area contributed by atoms with E-state index in [0.29, 0.717) is 6.61 Å². The number of hydrogen-bond donors (Lipinski definition) is 1. The molecule has 14 heavy (non-hydrogen) atoms. The summed E-state index contributed by atoms with van der Waals surface area (Å²) in [5, 5.41) is 11.3. The van der Waals surface area contributed by atoms with Crippen molar-refractivity contribution in [1.29, 1.82) is 0 Å². The van der Waals surface area contributed by atoms with Gasteiger partial charge in [-0.05, 0) is 13.0 Å². The first kappa shape index (κ1) is 10.1. The molecular formula is C10H16N2OS. The van der Waals surface area contributed by atoms with Crippen LogP contribution in [0.15, 0.2) is 10.9 Å². The number of aromatic nitrogens is 1. The lowest BCUT2D eigenvalue weighted by Crippen LogP contribution is -2.27. The van der Waals surface area contributed by atoms with Crippen LogP contribution in [-0.2, 0) is 6.54 Å². The molecule has 0 spiro atoms. The van der Waals surface area contributed by atoms with Gasteiger partial charge in [0.1, 0.15) is 0 Å². The van der Waals surface area contributed by atoms with Crippen LogP contribution >= 0.6 is 11.3 Å². The van der Waals surface area contributed by atoms with E-state index < -0.39 is 0 Å². The maximum absolute atomic E-state index is 9.23. The van der Waals surface area contributed by atoms with Crippen LogP contribution in [0.3, 0.4) is 0 Å². The molecule has 0 aromatic carbocycles. The predicted molar refractivity (Wildman–Crippen MR) is 57.2 cm³/mol. The molecule has 78 valence electrons. The zero-order valence-corrected chi connectivity index (χ0v) is 9.26. The lowest BCUT2D eigenvalue weighted by molar-refractivity contribution is 0.144. The van der Waals surface area contributed by atoms with Gasteiger partial charge in [-0.1, -0.05) is 6.92 Å². The number of aliphatic hydroxyl groups is 1. The Morgan fingerprint density at radius 1 is 1.71 bits per heavy atom. The summed E-state index contributed by atoms with van der Waals surface area (Å²) in [6.07, 6.45) is 1.09. The van der Waals surface area contributed by atoms with Crippen LogP contribution in [0.5, 0.6) is 0 Å². The Bertz CT molecular complexity index is 288. The van der Waals surface area contributed by atoms with Crippen LogP contribution < -0.4 is 0 Å². The normalized spacial score (nSPS) is 28.4. The van der Waals surface area contributed by atoms with Gasteiger partial charge in [-0.2, -0.15) is 0 Å². The first-order chi connectivity index (χ1) is 6.72. The molecule has 0 saturated carbocycles. The maximum atomic E-state index is 9.23. The van der Waals surface area contributed by atoms with E-state index in [1.54, 1.807) is 11.3 Å². The smallest absolute Gasteiger partial charge is 0.0795 e. The summed E-state index contributed by atoms with van der Waals surface area (Å²) < 4.78 is 0. The van der Waals surface area contributed by atoms with Crippen LogP contribution in [0.4, 0.5) is 0 Å². The van der Waals surface area contributed by atoms with E-state index >= 15 is 0 Å². The highest BCUT2D eigenvalue weighted by Crippen LogP contribution is 2.29. The van der Waals surface area contributed by atoms with Crippen LogP contribution in [0, 0.1) is 5.41 Å². The van der Waals surface area contributed by atoms with Crippen molar-refractivity contribution in [3.05, 3.63) is 16.6 Å². The highest BCUT2D eigenvalue weighted by atomic mass is 32.1. The van der Waals surface area contributed by atoms with E-state index in [1.165, 1.54) is 0 Å². The zero-order valence-electron chi connectivity index (χ0n) is 8.44.